The molecule has 0 aromatic carbocycles. The summed E-state index contributed by atoms with van der Waals surface area (Å²) in [5.41, 5.74) is 4.81. The zero-order chi connectivity index (χ0) is 12.9. The lowest BCUT2D eigenvalue weighted by Crippen LogP contribution is -2.46. The van der Waals surface area contributed by atoms with E-state index in [1.54, 1.807) is 27.7 Å². The highest BCUT2D eigenvalue weighted by atomic mass is 16.5. The van der Waals surface area contributed by atoms with Crippen molar-refractivity contribution in [2.45, 2.75) is 33.8 Å². The van der Waals surface area contributed by atoms with Crippen molar-refractivity contribution in [2.75, 3.05) is 0 Å². The summed E-state index contributed by atoms with van der Waals surface area (Å²) in [6.07, 6.45) is -0.998. The minimum atomic E-state index is -0.998. The summed E-state index contributed by atoms with van der Waals surface area (Å²) in [7, 11) is 0. The Morgan fingerprint density at radius 3 is 1.94 bits per heavy atom. The van der Waals surface area contributed by atoms with E-state index in [0.29, 0.717) is 0 Å². The summed E-state index contributed by atoms with van der Waals surface area (Å²) in [5.74, 6) is -1.75. The number of amides is 3. The molecule has 0 aromatic rings. The van der Waals surface area contributed by atoms with Gasteiger partial charge in [-0.2, -0.15) is 0 Å². The van der Waals surface area contributed by atoms with E-state index in [2.05, 4.69) is 0 Å². The second-order valence-corrected chi connectivity index (χ2v) is 4.11. The molecule has 0 bridgehead atoms. The fourth-order valence-electron chi connectivity index (χ4n) is 0.946. The quantitative estimate of drug-likeness (QED) is 0.683. The molecule has 0 unspecified atom stereocenters. The Kier molecular flexibility index (Phi) is 5.49. The van der Waals surface area contributed by atoms with Crippen molar-refractivity contribution < 1.29 is 19.1 Å². The van der Waals surface area contributed by atoms with Gasteiger partial charge in [0, 0.05) is 0 Å². The summed E-state index contributed by atoms with van der Waals surface area (Å²) >= 11 is 0. The van der Waals surface area contributed by atoms with E-state index < -0.39 is 24.0 Å². The number of nitrogens with two attached hydrogens (primary N) is 1. The summed E-state index contributed by atoms with van der Waals surface area (Å²) in [6.45, 7) is 6.73. The van der Waals surface area contributed by atoms with E-state index in [1.165, 1.54) is 0 Å². The number of primary amides is 1. The van der Waals surface area contributed by atoms with Crippen molar-refractivity contribution in [1.29, 1.82) is 0 Å². The topological polar surface area (TPSA) is 98.5 Å². The molecule has 0 spiro atoms. The largest absolute Gasteiger partial charge is 0.452 e. The van der Waals surface area contributed by atoms with Gasteiger partial charge in [0.1, 0.15) is 0 Å². The van der Waals surface area contributed by atoms with Gasteiger partial charge in [-0.3, -0.25) is 14.9 Å². The standard InChI is InChI=1S/C10H18N2O4/c1-5(2)7(8(13)12-10(11)15)16-9(14)6(3)4/h5-7H,1-4H3,(H3,11,12,13,15)/t7-/m0/s1. The maximum Gasteiger partial charge on any atom is 0.318 e. The Hall–Kier alpha value is -1.59. The first kappa shape index (κ1) is 14.4. The second kappa shape index (κ2) is 6.09. The molecule has 3 amide bonds. The van der Waals surface area contributed by atoms with Crippen LogP contribution in [0.25, 0.3) is 0 Å². The van der Waals surface area contributed by atoms with Crippen molar-refractivity contribution in [3.05, 3.63) is 0 Å². The number of nitrogens with one attached hydrogen (secondary N) is 1. The molecule has 0 aliphatic heterocycles. The zero-order valence-electron chi connectivity index (χ0n) is 9.94. The SMILES string of the molecule is CC(C)C(=O)O[C@H](C(=O)NC(N)=O)C(C)C. The highest BCUT2D eigenvalue weighted by molar-refractivity contribution is 5.96. The normalized spacial score (nSPS) is 12.4. The first-order valence-electron chi connectivity index (χ1n) is 5.06. The molecule has 0 heterocycles. The number of rotatable bonds is 4. The molecule has 0 fully saturated rings. The van der Waals surface area contributed by atoms with Crippen LogP contribution in [0.4, 0.5) is 4.79 Å². The van der Waals surface area contributed by atoms with Gasteiger partial charge in [-0.1, -0.05) is 27.7 Å². The van der Waals surface area contributed by atoms with Gasteiger partial charge >= 0.3 is 12.0 Å². The summed E-state index contributed by atoms with van der Waals surface area (Å²) < 4.78 is 4.98. The third-order valence-electron chi connectivity index (χ3n) is 1.82. The van der Waals surface area contributed by atoms with Gasteiger partial charge in [0.05, 0.1) is 5.92 Å². The lowest BCUT2D eigenvalue weighted by Gasteiger charge is -2.20. The van der Waals surface area contributed by atoms with E-state index in [1.807, 2.05) is 5.32 Å². The van der Waals surface area contributed by atoms with Gasteiger partial charge in [0.15, 0.2) is 6.10 Å². The van der Waals surface area contributed by atoms with E-state index >= 15 is 0 Å². The third kappa shape index (κ3) is 4.77. The molecule has 0 radical (unpaired) electrons. The molecule has 3 N–H and O–H groups in total. The van der Waals surface area contributed by atoms with Gasteiger partial charge in [0.25, 0.3) is 5.91 Å². The van der Waals surface area contributed by atoms with E-state index in [-0.39, 0.29) is 11.8 Å². The molecular weight excluding hydrogens is 212 g/mol. The Morgan fingerprint density at radius 1 is 1.12 bits per heavy atom. The van der Waals surface area contributed by atoms with Crippen LogP contribution >= 0.6 is 0 Å². The number of carbonyl (C=O) groups is 3. The molecule has 16 heavy (non-hydrogen) atoms. The highest BCUT2D eigenvalue weighted by Gasteiger charge is 2.28. The van der Waals surface area contributed by atoms with Crippen molar-refractivity contribution in [2.24, 2.45) is 17.6 Å². The van der Waals surface area contributed by atoms with Gasteiger partial charge in [-0.25, -0.2) is 4.79 Å². The Morgan fingerprint density at radius 2 is 1.62 bits per heavy atom. The molecule has 6 nitrogen and oxygen atoms in total. The van der Waals surface area contributed by atoms with E-state index in [0.717, 1.165) is 0 Å². The Bertz CT molecular complexity index is 287. The average Bonchev–Trinajstić information content (AvgIpc) is 2.11. The molecule has 0 aliphatic carbocycles. The number of ether oxygens (including phenoxy) is 1. The highest BCUT2D eigenvalue weighted by Crippen LogP contribution is 2.10. The molecular formula is C10H18N2O4. The minimum absolute atomic E-state index is 0.234. The van der Waals surface area contributed by atoms with Crippen molar-refractivity contribution in [3.63, 3.8) is 0 Å². The summed E-state index contributed by atoms with van der Waals surface area (Å²) in [4.78, 5) is 33.3. The van der Waals surface area contributed by atoms with Gasteiger partial charge in [-0.15, -0.1) is 0 Å². The van der Waals surface area contributed by atoms with Gasteiger partial charge < -0.3 is 10.5 Å². The number of carbonyl (C=O) groups excluding carboxylic acids is 3. The molecule has 6 heteroatoms. The fraction of sp³-hybridized carbons (Fsp3) is 0.700. The molecule has 0 saturated carbocycles. The molecule has 1 atom stereocenters. The van der Waals surface area contributed by atoms with Crippen LogP contribution in [0.2, 0.25) is 0 Å². The second-order valence-electron chi connectivity index (χ2n) is 4.11. The maximum atomic E-state index is 11.5. The number of esters is 1. The van der Waals surface area contributed by atoms with Crippen LogP contribution in [0.3, 0.4) is 0 Å². The minimum Gasteiger partial charge on any atom is -0.452 e. The van der Waals surface area contributed by atoms with Gasteiger partial charge in [-0.05, 0) is 5.92 Å². The lowest BCUT2D eigenvalue weighted by molar-refractivity contribution is -0.161. The van der Waals surface area contributed by atoms with Crippen LogP contribution in [0.5, 0.6) is 0 Å². The molecule has 0 saturated heterocycles. The third-order valence-corrected chi connectivity index (χ3v) is 1.82. The van der Waals surface area contributed by atoms with Crippen molar-refractivity contribution in [1.82, 2.24) is 5.32 Å². The smallest absolute Gasteiger partial charge is 0.318 e. The summed E-state index contributed by atoms with van der Waals surface area (Å²) in [6, 6.07) is -0.962. The van der Waals surface area contributed by atoms with E-state index in [4.69, 9.17) is 10.5 Å². The number of imide groups is 1. The van der Waals surface area contributed by atoms with Crippen LogP contribution in [0, 0.1) is 11.8 Å². The predicted molar refractivity (Wildman–Crippen MR) is 57.3 cm³/mol. The fourth-order valence-corrected chi connectivity index (χ4v) is 0.946. The first-order valence-corrected chi connectivity index (χ1v) is 5.06. The van der Waals surface area contributed by atoms with Crippen LogP contribution in [-0.4, -0.2) is 24.0 Å². The molecule has 0 rings (SSSR count). The zero-order valence-corrected chi connectivity index (χ0v) is 9.94. The number of hydrogen-bond acceptors (Lipinski definition) is 4. The lowest BCUT2D eigenvalue weighted by atomic mass is 10.1. The monoisotopic (exact) mass is 230 g/mol. The number of hydrogen-bond donors (Lipinski definition) is 2. The van der Waals surface area contributed by atoms with E-state index in [9.17, 15) is 14.4 Å². The molecule has 0 aromatic heterocycles. The Balaban J connectivity index is 4.56. The number of urea groups is 1. The van der Waals surface area contributed by atoms with Crippen LogP contribution in [-0.2, 0) is 14.3 Å². The predicted octanol–water partition coefficient (Wildman–Crippen LogP) is 0.405. The average molecular weight is 230 g/mol. The van der Waals surface area contributed by atoms with Crippen molar-refractivity contribution >= 4 is 17.9 Å². The van der Waals surface area contributed by atoms with Crippen LogP contribution < -0.4 is 11.1 Å². The Labute approximate surface area is 94.5 Å². The van der Waals surface area contributed by atoms with Crippen LogP contribution in [0.1, 0.15) is 27.7 Å². The van der Waals surface area contributed by atoms with Gasteiger partial charge in [0.2, 0.25) is 0 Å². The molecule has 0 aliphatic rings. The first-order chi connectivity index (χ1) is 7.25. The summed E-state index contributed by atoms with van der Waals surface area (Å²) in [5, 5.41) is 1.89. The van der Waals surface area contributed by atoms with Crippen LogP contribution in [0.15, 0.2) is 0 Å². The van der Waals surface area contributed by atoms with Crippen molar-refractivity contribution in [3.8, 4) is 0 Å². The maximum absolute atomic E-state index is 11.5. The molecule has 92 valence electrons.